The predicted octanol–water partition coefficient (Wildman–Crippen LogP) is 1.64. The maximum atomic E-state index is 13.1. The van der Waals surface area contributed by atoms with Crippen molar-refractivity contribution in [3.63, 3.8) is 0 Å². The van der Waals surface area contributed by atoms with Crippen LogP contribution in [0.15, 0.2) is 24.3 Å². The zero-order chi connectivity index (χ0) is 13.0. The highest BCUT2D eigenvalue weighted by Crippen LogP contribution is 2.18. The number of aliphatic hydroxyl groups excluding tert-OH is 1. The summed E-state index contributed by atoms with van der Waals surface area (Å²) in [7, 11) is 0. The fourth-order valence-corrected chi connectivity index (χ4v) is 2.23. The Balaban J connectivity index is 1.79. The third-order valence-electron chi connectivity index (χ3n) is 3.31. The highest BCUT2D eigenvalue weighted by atomic mass is 19.1. The van der Waals surface area contributed by atoms with Crippen molar-refractivity contribution >= 4 is 0 Å². The smallest absolute Gasteiger partial charge is 0.140 e. The van der Waals surface area contributed by atoms with Crippen LogP contribution >= 0.6 is 0 Å². The second-order valence-corrected chi connectivity index (χ2v) is 4.65. The van der Waals surface area contributed by atoms with E-state index in [2.05, 4.69) is 6.92 Å². The number of aliphatic hydroxyl groups is 1. The molecular formula is C14H20FNO2. The molecule has 100 valence electrons. The molecule has 0 bridgehead atoms. The van der Waals surface area contributed by atoms with Gasteiger partial charge in [-0.3, -0.25) is 4.90 Å². The molecule has 2 atom stereocenters. The Morgan fingerprint density at radius 3 is 2.83 bits per heavy atom. The number of β-amino-alcohol motifs (C(OH)–C–C–N with tert-alkyl or cyclic N) is 1. The molecule has 0 aromatic heterocycles. The van der Waals surface area contributed by atoms with Crippen molar-refractivity contribution in [2.24, 2.45) is 0 Å². The standard InChI is InChI=1S/C14H20FNO2/c1-2-11-5-3-4-6-14(11)18-8-7-16-9-12(15)13(17)10-16/h3-6,12-13,17H,2,7-10H2,1H3/t12-,13-/m0/s1. The zero-order valence-electron chi connectivity index (χ0n) is 10.7. The summed E-state index contributed by atoms with van der Waals surface area (Å²) in [5.41, 5.74) is 1.18. The molecule has 1 aliphatic rings. The van der Waals surface area contributed by atoms with Crippen LogP contribution in [0.3, 0.4) is 0 Å². The van der Waals surface area contributed by atoms with Crippen molar-refractivity contribution in [3.05, 3.63) is 29.8 Å². The van der Waals surface area contributed by atoms with Crippen LogP contribution < -0.4 is 4.74 Å². The van der Waals surface area contributed by atoms with Crippen LogP contribution in [0.2, 0.25) is 0 Å². The minimum Gasteiger partial charge on any atom is -0.492 e. The van der Waals surface area contributed by atoms with Crippen molar-refractivity contribution in [2.75, 3.05) is 26.2 Å². The van der Waals surface area contributed by atoms with Gasteiger partial charge in [0, 0.05) is 19.6 Å². The first-order valence-electron chi connectivity index (χ1n) is 6.46. The maximum Gasteiger partial charge on any atom is 0.140 e. The number of benzene rings is 1. The minimum absolute atomic E-state index is 0.306. The van der Waals surface area contributed by atoms with E-state index in [0.717, 1.165) is 12.2 Å². The molecule has 0 spiro atoms. The lowest BCUT2D eigenvalue weighted by atomic mass is 10.1. The molecule has 0 aliphatic carbocycles. The van der Waals surface area contributed by atoms with E-state index in [1.54, 1.807) is 0 Å². The summed E-state index contributed by atoms with van der Waals surface area (Å²) in [4.78, 5) is 1.89. The largest absolute Gasteiger partial charge is 0.492 e. The van der Waals surface area contributed by atoms with E-state index in [4.69, 9.17) is 4.74 Å². The van der Waals surface area contributed by atoms with Crippen molar-refractivity contribution < 1.29 is 14.2 Å². The first-order valence-corrected chi connectivity index (χ1v) is 6.46. The first kappa shape index (κ1) is 13.3. The summed E-state index contributed by atoms with van der Waals surface area (Å²) in [6.07, 6.45) is -1.02. The molecule has 0 amide bonds. The van der Waals surface area contributed by atoms with Gasteiger partial charge in [-0.15, -0.1) is 0 Å². The fourth-order valence-electron chi connectivity index (χ4n) is 2.23. The second-order valence-electron chi connectivity index (χ2n) is 4.65. The van der Waals surface area contributed by atoms with Gasteiger partial charge in [0.25, 0.3) is 0 Å². The van der Waals surface area contributed by atoms with Crippen LogP contribution in [-0.2, 0) is 6.42 Å². The predicted molar refractivity (Wildman–Crippen MR) is 68.7 cm³/mol. The number of nitrogens with zero attached hydrogens (tertiary/aromatic N) is 1. The number of halogens is 1. The van der Waals surface area contributed by atoms with E-state index < -0.39 is 12.3 Å². The molecule has 1 fully saturated rings. The molecule has 18 heavy (non-hydrogen) atoms. The summed E-state index contributed by atoms with van der Waals surface area (Å²) in [6.45, 7) is 3.97. The number of ether oxygens (including phenoxy) is 1. The molecule has 0 unspecified atom stereocenters. The monoisotopic (exact) mass is 253 g/mol. The van der Waals surface area contributed by atoms with Gasteiger partial charge in [0.15, 0.2) is 0 Å². The number of alkyl halides is 1. The molecule has 0 radical (unpaired) electrons. The highest BCUT2D eigenvalue weighted by Gasteiger charge is 2.30. The Morgan fingerprint density at radius 2 is 2.17 bits per heavy atom. The topological polar surface area (TPSA) is 32.7 Å². The molecule has 1 saturated heterocycles. The number of hydrogen-bond acceptors (Lipinski definition) is 3. The van der Waals surface area contributed by atoms with E-state index in [-0.39, 0.29) is 0 Å². The van der Waals surface area contributed by atoms with Gasteiger partial charge in [-0.1, -0.05) is 25.1 Å². The number of para-hydroxylation sites is 1. The van der Waals surface area contributed by atoms with E-state index in [9.17, 15) is 9.50 Å². The van der Waals surface area contributed by atoms with Gasteiger partial charge in [0.2, 0.25) is 0 Å². The number of likely N-dealkylation sites (tertiary alicyclic amines) is 1. The van der Waals surface area contributed by atoms with Gasteiger partial charge in [-0.2, -0.15) is 0 Å². The molecule has 0 saturated carbocycles. The SMILES string of the molecule is CCc1ccccc1OCCN1C[C@H](O)[C@@H](F)C1. The Morgan fingerprint density at radius 1 is 1.39 bits per heavy atom. The summed E-state index contributed by atoms with van der Waals surface area (Å²) in [5.74, 6) is 0.900. The average Bonchev–Trinajstić information content (AvgIpc) is 2.69. The van der Waals surface area contributed by atoms with Crippen LogP contribution in [-0.4, -0.2) is 48.5 Å². The maximum absolute atomic E-state index is 13.1. The van der Waals surface area contributed by atoms with E-state index in [1.165, 1.54) is 5.56 Å². The molecule has 1 heterocycles. The van der Waals surface area contributed by atoms with Crippen LogP contribution in [0.1, 0.15) is 12.5 Å². The van der Waals surface area contributed by atoms with E-state index in [0.29, 0.717) is 26.2 Å². The number of hydrogen-bond donors (Lipinski definition) is 1. The Labute approximate surface area is 107 Å². The van der Waals surface area contributed by atoms with Crippen LogP contribution in [0.5, 0.6) is 5.75 Å². The first-order chi connectivity index (χ1) is 8.70. The Bertz CT molecular complexity index is 376. The number of rotatable bonds is 5. The van der Waals surface area contributed by atoms with E-state index in [1.807, 2.05) is 29.2 Å². The van der Waals surface area contributed by atoms with Crippen molar-refractivity contribution in [2.45, 2.75) is 25.6 Å². The summed E-state index contributed by atoms with van der Waals surface area (Å²) in [6, 6.07) is 7.95. The number of aryl methyl sites for hydroxylation is 1. The fraction of sp³-hybridized carbons (Fsp3) is 0.571. The summed E-state index contributed by atoms with van der Waals surface area (Å²) < 4.78 is 18.8. The van der Waals surface area contributed by atoms with E-state index >= 15 is 0 Å². The molecule has 1 aromatic rings. The van der Waals surface area contributed by atoms with Crippen molar-refractivity contribution in [1.29, 1.82) is 0 Å². The molecular weight excluding hydrogens is 233 g/mol. The van der Waals surface area contributed by atoms with Gasteiger partial charge >= 0.3 is 0 Å². The van der Waals surface area contributed by atoms with Gasteiger partial charge in [0.1, 0.15) is 18.5 Å². The third kappa shape index (κ3) is 3.21. The van der Waals surface area contributed by atoms with Gasteiger partial charge in [-0.05, 0) is 18.1 Å². The molecule has 3 nitrogen and oxygen atoms in total. The Hall–Kier alpha value is -1.13. The van der Waals surface area contributed by atoms with Gasteiger partial charge in [0.05, 0.1) is 6.10 Å². The molecule has 2 rings (SSSR count). The lowest BCUT2D eigenvalue weighted by Crippen LogP contribution is -2.27. The zero-order valence-corrected chi connectivity index (χ0v) is 10.7. The second kappa shape index (κ2) is 6.16. The van der Waals surface area contributed by atoms with Crippen LogP contribution in [0, 0.1) is 0 Å². The molecule has 1 N–H and O–H groups in total. The van der Waals surface area contributed by atoms with Crippen molar-refractivity contribution in [3.8, 4) is 5.75 Å². The third-order valence-corrected chi connectivity index (χ3v) is 3.31. The average molecular weight is 253 g/mol. The van der Waals surface area contributed by atoms with Gasteiger partial charge < -0.3 is 9.84 Å². The normalized spacial score (nSPS) is 24.4. The van der Waals surface area contributed by atoms with Gasteiger partial charge in [-0.25, -0.2) is 4.39 Å². The summed E-state index contributed by atoms with van der Waals surface area (Å²) in [5, 5.41) is 9.31. The molecule has 1 aliphatic heterocycles. The Kier molecular flexibility index (Phi) is 4.55. The molecule has 4 heteroatoms. The minimum atomic E-state index is -1.12. The lowest BCUT2D eigenvalue weighted by Gasteiger charge is -2.16. The highest BCUT2D eigenvalue weighted by molar-refractivity contribution is 5.33. The quantitative estimate of drug-likeness (QED) is 0.866. The molecule has 1 aromatic carbocycles. The lowest BCUT2D eigenvalue weighted by molar-refractivity contribution is 0.115. The van der Waals surface area contributed by atoms with Crippen LogP contribution in [0.25, 0.3) is 0 Å². The summed E-state index contributed by atoms with van der Waals surface area (Å²) >= 11 is 0. The van der Waals surface area contributed by atoms with Crippen molar-refractivity contribution in [1.82, 2.24) is 4.90 Å². The van der Waals surface area contributed by atoms with Crippen LogP contribution in [0.4, 0.5) is 4.39 Å².